The minimum atomic E-state index is -0.824. The summed E-state index contributed by atoms with van der Waals surface area (Å²) < 4.78 is 10.7. The number of rotatable bonds is 7. The number of methoxy groups -OCH3 is 1. The first-order chi connectivity index (χ1) is 12.5. The van der Waals surface area contributed by atoms with Crippen LogP contribution in [0.3, 0.4) is 0 Å². The van der Waals surface area contributed by atoms with E-state index in [1.54, 1.807) is 31.4 Å². The predicted octanol–water partition coefficient (Wildman–Crippen LogP) is 1.86. The molecule has 0 aliphatic carbocycles. The minimum Gasteiger partial charge on any atom is -0.497 e. The summed E-state index contributed by atoms with van der Waals surface area (Å²) in [5.41, 5.74) is 0.912. The SMILES string of the molecule is COc1ccc(C(O)COc2ccc(CC3SC(O)NC3=O)cc2)cc1. The van der Waals surface area contributed by atoms with Crippen LogP contribution in [0.25, 0.3) is 0 Å². The van der Waals surface area contributed by atoms with Gasteiger partial charge in [0.25, 0.3) is 0 Å². The lowest BCUT2D eigenvalue weighted by atomic mass is 10.1. The van der Waals surface area contributed by atoms with Gasteiger partial charge in [0, 0.05) is 0 Å². The van der Waals surface area contributed by atoms with Gasteiger partial charge in [-0.15, -0.1) is 0 Å². The quantitative estimate of drug-likeness (QED) is 0.685. The molecule has 1 aliphatic heterocycles. The molecule has 0 saturated carbocycles. The van der Waals surface area contributed by atoms with Gasteiger partial charge in [0.15, 0.2) is 5.56 Å². The monoisotopic (exact) mass is 375 g/mol. The van der Waals surface area contributed by atoms with E-state index in [9.17, 15) is 15.0 Å². The Balaban J connectivity index is 1.51. The molecular weight excluding hydrogens is 354 g/mol. The lowest BCUT2D eigenvalue weighted by Gasteiger charge is -2.14. The summed E-state index contributed by atoms with van der Waals surface area (Å²) in [5.74, 6) is 1.23. The van der Waals surface area contributed by atoms with E-state index in [0.29, 0.717) is 12.2 Å². The molecule has 7 heteroatoms. The first kappa shape index (κ1) is 18.6. The molecule has 1 fully saturated rings. The van der Waals surface area contributed by atoms with Gasteiger partial charge in [-0.25, -0.2) is 0 Å². The summed E-state index contributed by atoms with van der Waals surface area (Å²) >= 11 is 1.21. The van der Waals surface area contributed by atoms with Gasteiger partial charge in [-0.3, -0.25) is 4.79 Å². The fourth-order valence-electron chi connectivity index (χ4n) is 2.64. The van der Waals surface area contributed by atoms with Gasteiger partial charge >= 0.3 is 0 Å². The number of ether oxygens (including phenoxy) is 2. The highest BCUT2D eigenvalue weighted by atomic mass is 32.2. The minimum absolute atomic E-state index is 0.138. The summed E-state index contributed by atoms with van der Waals surface area (Å²) in [4.78, 5) is 11.7. The average Bonchev–Trinajstić information content (AvgIpc) is 2.98. The number of aliphatic hydroxyl groups is 2. The molecule has 6 nitrogen and oxygen atoms in total. The van der Waals surface area contributed by atoms with E-state index in [-0.39, 0.29) is 17.8 Å². The van der Waals surface area contributed by atoms with Gasteiger partial charge in [0.2, 0.25) is 5.91 Å². The maximum Gasteiger partial charge on any atom is 0.236 e. The van der Waals surface area contributed by atoms with E-state index in [2.05, 4.69) is 5.32 Å². The van der Waals surface area contributed by atoms with E-state index in [1.807, 2.05) is 24.3 Å². The molecule has 1 saturated heterocycles. The van der Waals surface area contributed by atoms with Crippen LogP contribution in [0.2, 0.25) is 0 Å². The smallest absolute Gasteiger partial charge is 0.236 e. The molecule has 2 aromatic carbocycles. The van der Waals surface area contributed by atoms with Crippen LogP contribution >= 0.6 is 11.8 Å². The van der Waals surface area contributed by atoms with Crippen LogP contribution in [0.1, 0.15) is 17.2 Å². The summed E-state index contributed by atoms with van der Waals surface area (Å²) in [7, 11) is 1.60. The predicted molar refractivity (Wildman–Crippen MR) is 99.1 cm³/mol. The third-order valence-corrected chi connectivity index (χ3v) is 5.19. The second kappa shape index (κ2) is 8.44. The van der Waals surface area contributed by atoms with Crippen LogP contribution < -0.4 is 14.8 Å². The highest BCUT2D eigenvalue weighted by Gasteiger charge is 2.31. The first-order valence-electron chi connectivity index (χ1n) is 8.23. The highest BCUT2D eigenvalue weighted by molar-refractivity contribution is 8.01. The van der Waals surface area contributed by atoms with Crippen LogP contribution in [0.5, 0.6) is 11.5 Å². The molecule has 1 amide bonds. The molecule has 3 atom stereocenters. The molecule has 3 rings (SSSR count). The maximum atomic E-state index is 11.7. The van der Waals surface area contributed by atoms with Crippen molar-refractivity contribution in [2.45, 2.75) is 23.3 Å². The normalized spacial score (nSPS) is 20.5. The molecule has 138 valence electrons. The van der Waals surface area contributed by atoms with Gasteiger partial charge in [0.1, 0.15) is 24.2 Å². The molecule has 2 aromatic rings. The van der Waals surface area contributed by atoms with Crippen molar-refractivity contribution in [3.63, 3.8) is 0 Å². The van der Waals surface area contributed by atoms with E-state index >= 15 is 0 Å². The van der Waals surface area contributed by atoms with E-state index < -0.39 is 11.7 Å². The average molecular weight is 375 g/mol. The van der Waals surface area contributed by atoms with E-state index in [4.69, 9.17) is 9.47 Å². The van der Waals surface area contributed by atoms with Gasteiger partial charge in [0.05, 0.1) is 12.4 Å². The molecule has 3 unspecified atom stereocenters. The molecule has 26 heavy (non-hydrogen) atoms. The third kappa shape index (κ3) is 4.69. The van der Waals surface area contributed by atoms with Crippen molar-refractivity contribution in [2.75, 3.05) is 13.7 Å². The van der Waals surface area contributed by atoms with Gasteiger partial charge in [-0.1, -0.05) is 36.0 Å². The van der Waals surface area contributed by atoms with Gasteiger partial charge in [-0.2, -0.15) is 0 Å². The Morgan fingerprint density at radius 2 is 1.77 bits per heavy atom. The number of thioether (sulfide) groups is 1. The van der Waals surface area contributed by atoms with Crippen LogP contribution in [-0.2, 0) is 11.2 Å². The number of benzene rings is 2. The molecule has 0 spiro atoms. The molecule has 0 bridgehead atoms. The summed E-state index contributed by atoms with van der Waals surface area (Å²) in [6.07, 6.45) is -0.192. The lowest BCUT2D eigenvalue weighted by Crippen LogP contribution is -2.27. The van der Waals surface area contributed by atoms with Crippen molar-refractivity contribution < 1.29 is 24.5 Å². The largest absolute Gasteiger partial charge is 0.497 e. The number of nitrogens with one attached hydrogen (secondary N) is 1. The molecular formula is C19H21NO5S. The fraction of sp³-hybridized carbons (Fsp3) is 0.316. The van der Waals surface area contributed by atoms with Crippen molar-refractivity contribution in [3.05, 3.63) is 59.7 Å². The first-order valence-corrected chi connectivity index (χ1v) is 9.17. The number of carbonyl (C=O) groups is 1. The summed E-state index contributed by atoms with van der Waals surface area (Å²) in [6, 6.07) is 14.6. The van der Waals surface area contributed by atoms with Crippen molar-refractivity contribution in [1.29, 1.82) is 0 Å². The van der Waals surface area contributed by atoms with Crippen molar-refractivity contribution in [3.8, 4) is 11.5 Å². The number of carbonyl (C=O) groups excluding carboxylic acids is 1. The zero-order chi connectivity index (χ0) is 18.5. The number of hydrogen-bond donors (Lipinski definition) is 3. The van der Waals surface area contributed by atoms with E-state index in [1.165, 1.54) is 11.8 Å². The Morgan fingerprint density at radius 3 is 2.35 bits per heavy atom. The Kier molecular flexibility index (Phi) is 6.03. The zero-order valence-electron chi connectivity index (χ0n) is 14.3. The third-order valence-electron chi connectivity index (χ3n) is 4.10. The molecule has 1 heterocycles. The Bertz CT molecular complexity index is 735. The van der Waals surface area contributed by atoms with Crippen LogP contribution in [0.4, 0.5) is 0 Å². The molecule has 3 N–H and O–H groups in total. The van der Waals surface area contributed by atoms with Crippen molar-refractivity contribution in [1.82, 2.24) is 5.32 Å². The standard InChI is InChI=1S/C19H21NO5S/c1-24-14-8-4-13(5-9-14)16(21)11-25-15-6-2-12(3-7-15)10-17-18(22)20-19(23)26-17/h2-9,16-17,19,21,23H,10-11H2,1H3,(H,20,22). The van der Waals surface area contributed by atoms with Gasteiger partial charge in [-0.05, 0) is 41.8 Å². The summed E-state index contributed by atoms with van der Waals surface area (Å²) in [6.45, 7) is 0.138. The Labute approximate surface area is 156 Å². The number of hydrogen-bond acceptors (Lipinski definition) is 6. The Hall–Kier alpha value is -2.22. The summed E-state index contributed by atoms with van der Waals surface area (Å²) in [5, 5.41) is 21.8. The second-order valence-electron chi connectivity index (χ2n) is 5.93. The van der Waals surface area contributed by atoms with Crippen molar-refractivity contribution in [2.24, 2.45) is 0 Å². The highest BCUT2D eigenvalue weighted by Crippen LogP contribution is 2.26. The second-order valence-corrected chi connectivity index (χ2v) is 7.22. The number of aliphatic hydroxyl groups excluding tert-OH is 2. The van der Waals surface area contributed by atoms with Crippen LogP contribution in [0, 0.1) is 0 Å². The Morgan fingerprint density at radius 1 is 1.12 bits per heavy atom. The van der Waals surface area contributed by atoms with Crippen LogP contribution in [-0.4, -0.2) is 40.6 Å². The van der Waals surface area contributed by atoms with Crippen molar-refractivity contribution >= 4 is 17.7 Å². The van der Waals surface area contributed by atoms with E-state index in [0.717, 1.165) is 16.9 Å². The molecule has 0 radical (unpaired) electrons. The maximum absolute atomic E-state index is 11.7. The lowest BCUT2D eigenvalue weighted by molar-refractivity contribution is -0.121. The topological polar surface area (TPSA) is 88.0 Å². The fourth-order valence-corrected chi connectivity index (χ4v) is 3.62. The number of amides is 1. The van der Waals surface area contributed by atoms with Gasteiger partial charge < -0.3 is 25.0 Å². The molecule has 1 aliphatic rings. The zero-order valence-corrected chi connectivity index (χ0v) is 15.1. The van der Waals surface area contributed by atoms with Crippen LogP contribution in [0.15, 0.2) is 48.5 Å². The molecule has 0 aromatic heterocycles.